The van der Waals surface area contributed by atoms with E-state index in [0.717, 1.165) is 34.3 Å². The quantitative estimate of drug-likeness (QED) is 0.526. The second-order valence-electron chi connectivity index (χ2n) is 14.3. The highest BCUT2D eigenvalue weighted by Gasteiger charge is 2.67. The highest BCUT2D eigenvalue weighted by Crippen LogP contribution is 2.70. The third-order valence-corrected chi connectivity index (χ3v) is 12.4. The van der Waals surface area contributed by atoms with Gasteiger partial charge < -0.3 is 8.97 Å². The summed E-state index contributed by atoms with van der Waals surface area (Å²) in [4.78, 5) is 0. The Morgan fingerprint density at radius 1 is 0.871 bits per heavy atom. The van der Waals surface area contributed by atoms with Crippen molar-refractivity contribution in [3.05, 3.63) is 0 Å². The van der Waals surface area contributed by atoms with E-state index in [1.54, 1.807) is 0 Å². The minimum atomic E-state index is -0.0627. The molecule has 1 saturated heterocycles. The third-order valence-electron chi connectivity index (χ3n) is 12.4. The molecule has 0 spiro atoms. The Morgan fingerprint density at radius 2 is 1.58 bits per heavy atom. The van der Waals surface area contributed by atoms with Crippen molar-refractivity contribution < 1.29 is 8.97 Å². The number of hydrogen-bond donors (Lipinski definition) is 0. The van der Waals surface area contributed by atoms with Gasteiger partial charge in [0.2, 0.25) is 0 Å². The zero-order chi connectivity index (χ0) is 22.3. The summed E-state index contributed by atoms with van der Waals surface area (Å²) in [6.45, 7) is 7.94. The summed E-state index contributed by atoms with van der Waals surface area (Å²) < 4.78 is 2.39. The number of quaternary nitrogens is 2. The van der Waals surface area contributed by atoms with Crippen molar-refractivity contribution in [3.8, 4) is 6.07 Å². The molecule has 8 atom stereocenters. The Hall–Kier alpha value is -0.590. The molecule has 0 radical (unpaired) electrons. The topological polar surface area (TPSA) is 23.8 Å². The average Bonchev–Trinajstić information content (AvgIpc) is 3.31. The summed E-state index contributed by atoms with van der Waals surface area (Å²) in [5.41, 5.74) is 0.691. The van der Waals surface area contributed by atoms with Crippen molar-refractivity contribution in [1.82, 2.24) is 0 Å². The summed E-state index contributed by atoms with van der Waals surface area (Å²) in [6, 6.07) is 4.59. The van der Waals surface area contributed by atoms with Gasteiger partial charge in [0.1, 0.15) is 0 Å². The maximum atomic E-state index is 10.7. The molecule has 1 heterocycles. The van der Waals surface area contributed by atoms with E-state index in [2.05, 4.69) is 48.1 Å². The van der Waals surface area contributed by atoms with Crippen molar-refractivity contribution in [2.24, 2.45) is 34.0 Å². The monoisotopic (exact) mass is 427 g/mol. The lowest BCUT2D eigenvalue weighted by atomic mass is 9.40. The first-order chi connectivity index (χ1) is 14.5. The normalized spacial score (nSPS) is 51.5. The van der Waals surface area contributed by atoms with Gasteiger partial charge in [-0.3, -0.25) is 0 Å². The lowest BCUT2D eigenvalue weighted by Crippen LogP contribution is -2.63. The zero-order valence-corrected chi connectivity index (χ0v) is 21.4. The fourth-order valence-electron chi connectivity index (χ4n) is 10.7. The molecule has 5 rings (SSSR count). The van der Waals surface area contributed by atoms with Crippen LogP contribution in [0.1, 0.15) is 84.5 Å². The van der Waals surface area contributed by atoms with Gasteiger partial charge in [-0.15, -0.1) is 0 Å². The summed E-state index contributed by atoms with van der Waals surface area (Å²) in [5.74, 6) is 2.55. The Labute approximate surface area is 192 Å². The van der Waals surface area contributed by atoms with E-state index in [9.17, 15) is 5.26 Å². The predicted molar refractivity (Wildman–Crippen MR) is 127 cm³/mol. The van der Waals surface area contributed by atoms with Crippen LogP contribution in [0, 0.1) is 45.3 Å². The van der Waals surface area contributed by atoms with Gasteiger partial charge in [0.25, 0.3) is 0 Å². The van der Waals surface area contributed by atoms with Crippen LogP contribution < -0.4 is 0 Å². The summed E-state index contributed by atoms with van der Waals surface area (Å²) >= 11 is 0. The van der Waals surface area contributed by atoms with Crippen molar-refractivity contribution in [1.29, 1.82) is 5.26 Å². The standard InChI is InChI=1S/C28H49N3/c1-26-14-13-24-22(23(26)9-10-25(26)30(3,4)5)12-16-28(20-29)19-21(11-15-27(24,28)2)31(6)17-7-8-18-31/h21-25H,7-19H2,1-6H3/q+2/t21?,22-,23-,24-,25-,26-,27+,28+/m0/s1. The van der Waals surface area contributed by atoms with E-state index >= 15 is 0 Å². The van der Waals surface area contributed by atoms with Crippen LogP contribution in [0.2, 0.25) is 0 Å². The van der Waals surface area contributed by atoms with Crippen LogP contribution in [0.3, 0.4) is 0 Å². The SMILES string of the molecule is C[C@]12CC[C@H]3[C@@H](CC[C@]4(C#N)CC([N+]5(C)CCCC5)CC[C@]34C)[C@@H]1CC[C@@H]2[N+](C)(C)C. The third kappa shape index (κ3) is 2.96. The molecule has 0 amide bonds. The number of rotatable bonds is 2. The molecule has 0 N–H and O–H groups in total. The first-order valence-electron chi connectivity index (χ1n) is 13.6. The molecular formula is C28H49N3+2. The van der Waals surface area contributed by atoms with Gasteiger partial charge in [-0.05, 0) is 61.7 Å². The number of fused-ring (bicyclic) bond motifs is 5. The van der Waals surface area contributed by atoms with Crippen molar-refractivity contribution in [2.75, 3.05) is 41.3 Å². The molecule has 5 aliphatic rings. The van der Waals surface area contributed by atoms with Crippen LogP contribution in [0.15, 0.2) is 0 Å². The van der Waals surface area contributed by atoms with Crippen molar-refractivity contribution in [3.63, 3.8) is 0 Å². The molecular weight excluding hydrogens is 378 g/mol. The molecule has 5 fully saturated rings. The minimum Gasteiger partial charge on any atom is -0.328 e. The highest BCUT2D eigenvalue weighted by atomic mass is 15.4. The van der Waals surface area contributed by atoms with E-state index in [1.807, 2.05) is 0 Å². The highest BCUT2D eigenvalue weighted by molar-refractivity contribution is 5.20. The lowest BCUT2D eigenvalue weighted by molar-refractivity contribution is -0.924. The molecule has 4 aliphatic carbocycles. The Morgan fingerprint density at radius 3 is 2.23 bits per heavy atom. The molecule has 0 bridgehead atoms. The first-order valence-corrected chi connectivity index (χ1v) is 13.6. The average molecular weight is 428 g/mol. The van der Waals surface area contributed by atoms with E-state index in [4.69, 9.17) is 0 Å². The van der Waals surface area contributed by atoms with Crippen LogP contribution in [-0.2, 0) is 0 Å². The minimum absolute atomic E-state index is 0.0627. The van der Waals surface area contributed by atoms with Crippen LogP contribution in [0.5, 0.6) is 0 Å². The Balaban J connectivity index is 1.43. The number of likely N-dealkylation sites (tertiary alicyclic amines) is 1. The fourth-order valence-corrected chi connectivity index (χ4v) is 10.7. The fraction of sp³-hybridized carbons (Fsp3) is 0.964. The largest absolute Gasteiger partial charge is 0.328 e. The van der Waals surface area contributed by atoms with Crippen molar-refractivity contribution >= 4 is 0 Å². The Kier molecular flexibility index (Phi) is 4.99. The molecule has 1 unspecified atom stereocenters. The second kappa shape index (κ2) is 6.96. The van der Waals surface area contributed by atoms with Crippen molar-refractivity contribution in [2.45, 2.75) is 96.6 Å². The van der Waals surface area contributed by atoms with Gasteiger partial charge >= 0.3 is 0 Å². The van der Waals surface area contributed by atoms with Gasteiger partial charge in [-0.1, -0.05) is 13.8 Å². The van der Waals surface area contributed by atoms with Crippen LogP contribution >= 0.6 is 0 Å². The molecule has 0 aromatic rings. The number of nitriles is 1. The first kappa shape index (κ1) is 22.2. The predicted octanol–water partition coefficient (Wildman–Crippen LogP) is 5.61. The molecule has 31 heavy (non-hydrogen) atoms. The summed E-state index contributed by atoms with van der Waals surface area (Å²) in [6.07, 6.45) is 14.8. The van der Waals surface area contributed by atoms with E-state index in [0.29, 0.717) is 5.41 Å². The molecule has 4 saturated carbocycles. The zero-order valence-electron chi connectivity index (χ0n) is 21.4. The van der Waals surface area contributed by atoms with E-state index in [1.165, 1.54) is 88.2 Å². The lowest BCUT2D eigenvalue weighted by Gasteiger charge is -2.64. The van der Waals surface area contributed by atoms with Gasteiger partial charge in [0.15, 0.2) is 0 Å². The molecule has 174 valence electrons. The van der Waals surface area contributed by atoms with E-state index < -0.39 is 0 Å². The van der Waals surface area contributed by atoms with Crippen LogP contribution in [-0.4, -0.2) is 62.3 Å². The number of hydrogen-bond acceptors (Lipinski definition) is 1. The van der Waals surface area contributed by atoms with Crippen LogP contribution in [0.4, 0.5) is 0 Å². The van der Waals surface area contributed by atoms with Crippen LogP contribution in [0.25, 0.3) is 0 Å². The Bertz CT molecular complexity index is 755. The van der Waals surface area contributed by atoms with E-state index in [-0.39, 0.29) is 10.8 Å². The molecule has 3 heteroatoms. The molecule has 3 nitrogen and oxygen atoms in total. The second-order valence-corrected chi connectivity index (χ2v) is 14.3. The smallest absolute Gasteiger partial charge is 0.0941 e. The maximum Gasteiger partial charge on any atom is 0.0941 e. The molecule has 0 aromatic carbocycles. The molecule has 0 aromatic heterocycles. The summed E-state index contributed by atoms with van der Waals surface area (Å²) in [5, 5.41) is 10.7. The maximum absolute atomic E-state index is 10.7. The molecule has 1 aliphatic heterocycles. The summed E-state index contributed by atoms with van der Waals surface area (Å²) in [7, 11) is 9.79. The van der Waals surface area contributed by atoms with Gasteiger partial charge in [0.05, 0.1) is 64.8 Å². The number of nitrogens with zero attached hydrogens (tertiary/aromatic N) is 3. The van der Waals surface area contributed by atoms with Gasteiger partial charge in [-0.2, -0.15) is 5.26 Å². The van der Waals surface area contributed by atoms with Gasteiger partial charge in [0, 0.05) is 37.5 Å². The van der Waals surface area contributed by atoms with Gasteiger partial charge in [-0.25, -0.2) is 0 Å².